The van der Waals surface area contributed by atoms with Crippen molar-refractivity contribution in [3.05, 3.63) is 64.7 Å². The molecule has 3 rings (SSSR count). The number of nitrogens with one attached hydrogen (secondary N) is 2. The monoisotopic (exact) mass is 428 g/mol. The number of hydrogen-bond acceptors (Lipinski definition) is 4. The van der Waals surface area contributed by atoms with Crippen molar-refractivity contribution in [2.75, 3.05) is 7.11 Å². The van der Waals surface area contributed by atoms with Crippen LogP contribution in [0.5, 0.6) is 5.75 Å². The quantitative estimate of drug-likeness (QED) is 0.651. The zero-order valence-corrected chi connectivity index (χ0v) is 15.7. The molecule has 1 heterocycles. The Morgan fingerprint density at radius 2 is 1.86 bits per heavy atom. The Labute approximate surface area is 168 Å². The molecule has 3 atom stereocenters. The highest BCUT2D eigenvalue weighted by molar-refractivity contribution is 6.30. The Bertz CT molecular complexity index is 936. The van der Waals surface area contributed by atoms with Crippen LogP contribution in [0.2, 0.25) is 5.02 Å². The number of rotatable bonds is 4. The largest absolute Gasteiger partial charge is 0.497 e. The van der Waals surface area contributed by atoms with E-state index in [0.717, 1.165) is 0 Å². The molecular weight excluding hydrogens is 413 g/mol. The Hall–Kier alpha value is -2.78. The van der Waals surface area contributed by atoms with Gasteiger partial charge in [0, 0.05) is 10.6 Å². The number of halogens is 4. The minimum absolute atomic E-state index is 0.104. The standard InChI is InChI=1S/C19H16ClF3N2O4/c1-29-13-4-2-3-11(9-13)15-14(16(26)10-5-7-12(20)8-6-10)18(28,19(21,22)23)25-17(27)24-15/h2-9,14-15,28H,1H3,(H2,24,25,27)/t14-,15+,18-/m1/s1. The molecule has 0 saturated carbocycles. The molecule has 6 nitrogen and oxygen atoms in total. The fourth-order valence-corrected chi connectivity index (χ4v) is 3.37. The molecular formula is C19H16ClF3N2O4. The van der Waals surface area contributed by atoms with Crippen LogP contribution in [-0.2, 0) is 0 Å². The number of ether oxygens (including phenoxy) is 1. The number of aliphatic hydroxyl groups is 1. The number of benzene rings is 2. The van der Waals surface area contributed by atoms with Crippen molar-refractivity contribution in [2.45, 2.75) is 17.9 Å². The second-order valence-electron chi connectivity index (χ2n) is 6.47. The molecule has 0 bridgehead atoms. The van der Waals surface area contributed by atoms with E-state index in [4.69, 9.17) is 16.3 Å². The van der Waals surface area contributed by atoms with Crippen LogP contribution < -0.4 is 15.4 Å². The van der Waals surface area contributed by atoms with Crippen LogP contribution in [0.1, 0.15) is 22.0 Å². The maximum absolute atomic E-state index is 13.8. The smallest absolute Gasteiger partial charge is 0.437 e. The van der Waals surface area contributed by atoms with Gasteiger partial charge in [-0.15, -0.1) is 0 Å². The summed E-state index contributed by atoms with van der Waals surface area (Å²) < 4.78 is 46.6. The van der Waals surface area contributed by atoms with Crippen molar-refractivity contribution >= 4 is 23.4 Å². The van der Waals surface area contributed by atoms with Gasteiger partial charge >= 0.3 is 12.2 Å². The normalized spacial score (nSPS) is 24.4. The highest BCUT2D eigenvalue weighted by atomic mass is 35.5. The summed E-state index contributed by atoms with van der Waals surface area (Å²) in [6, 6.07) is 8.31. The predicted octanol–water partition coefficient (Wildman–Crippen LogP) is 3.45. The van der Waals surface area contributed by atoms with Crippen LogP contribution in [0.15, 0.2) is 48.5 Å². The maximum Gasteiger partial charge on any atom is 0.437 e. The number of ketones is 1. The van der Waals surface area contributed by atoms with Crippen LogP contribution in [0.25, 0.3) is 0 Å². The number of Topliss-reactive ketones (excluding diaryl/α,β-unsaturated/α-hetero) is 1. The SMILES string of the molecule is COc1cccc([C@@H]2NC(=O)N[C@](O)(C(F)(F)F)[C@H]2C(=O)c2ccc(Cl)cc2)c1. The van der Waals surface area contributed by atoms with Crippen molar-refractivity contribution < 1.29 is 32.6 Å². The third kappa shape index (κ3) is 3.88. The number of alkyl halides is 3. The summed E-state index contributed by atoms with van der Waals surface area (Å²) in [6.07, 6.45) is -5.32. The predicted molar refractivity (Wildman–Crippen MR) is 97.7 cm³/mol. The lowest BCUT2D eigenvalue weighted by molar-refractivity contribution is -0.287. The molecule has 1 saturated heterocycles. The number of hydrogen-bond donors (Lipinski definition) is 3. The third-order valence-electron chi connectivity index (χ3n) is 4.67. The summed E-state index contributed by atoms with van der Waals surface area (Å²) in [6.45, 7) is 0. The number of carbonyl (C=O) groups is 2. The van der Waals surface area contributed by atoms with E-state index in [-0.39, 0.29) is 16.1 Å². The molecule has 2 amide bonds. The van der Waals surface area contributed by atoms with Gasteiger partial charge < -0.3 is 20.5 Å². The number of urea groups is 1. The molecule has 1 aliphatic heterocycles. The van der Waals surface area contributed by atoms with Crippen molar-refractivity contribution in [3.8, 4) is 5.75 Å². The van der Waals surface area contributed by atoms with Crippen LogP contribution in [-0.4, -0.2) is 35.9 Å². The second kappa shape index (κ2) is 7.57. The van der Waals surface area contributed by atoms with Gasteiger partial charge in [0.25, 0.3) is 0 Å². The summed E-state index contributed by atoms with van der Waals surface area (Å²) in [5.74, 6) is -2.83. The van der Waals surface area contributed by atoms with Crippen molar-refractivity contribution in [1.82, 2.24) is 10.6 Å². The van der Waals surface area contributed by atoms with Gasteiger partial charge in [-0.2, -0.15) is 13.2 Å². The van der Waals surface area contributed by atoms with Gasteiger partial charge in [-0.1, -0.05) is 23.7 Å². The molecule has 2 aromatic carbocycles. The van der Waals surface area contributed by atoms with Gasteiger partial charge in [-0.25, -0.2) is 4.79 Å². The molecule has 0 radical (unpaired) electrons. The summed E-state index contributed by atoms with van der Waals surface area (Å²) in [7, 11) is 1.36. The first-order valence-electron chi connectivity index (χ1n) is 8.38. The fraction of sp³-hybridized carbons (Fsp3) is 0.263. The highest BCUT2D eigenvalue weighted by Gasteiger charge is 2.66. The fourth-order valence-electron chi connectivity index (χ4n) is 3.25. The zero-order valence-electron chi connectivity index (χ0n) is 15.0. The molecule has 3 N–H and O–H groups in total. The Morgan fingerprint density at radius 1 is 1.21 bits per heavy atom. The van der Waals surface area contributed by atoms with Crippen LogP contribution >= 0.6 is 11.6 Å². The van der Waals surface area contributed by atoms with E-state index in [0.29, 0.717) is 5.75 Å². The minimum atomic E-state index is -5.32. The molecule has 1 aliphatic rings. The first-order chi connectivity index (χ1) is 13.6. The molecule has 0 spiro atoms. The maximum atomic E-state index is 13.8. The number of methoxy groups -OCH3 is 1. The lowest BCUT2D eigenvalue weighted by atomic mass is 9.77. The van der Waals surface area contributed by atoms with E-state index < -0.39 is 35.7 Å². The molecule has 0 aromatic heterocycles. The topological polar surface area (TPSA) is 87.7 Å². The van der Waals surface area contributed by atoms with Gasteiger partial charge in [-0.05, 0) is 42.0 Å². The van der Waals surface area contributed by atoms with Crippen molar-refractivity contribution in [2.24, 2.45) is 5.92 Å². The van der Waals surface area contributed by atoms with E-state index in [2.05, 4.69) is 5.32 Å². The lowest BCUT2D eigenvalue weighted by Gasteiger charge is -2.45. The third-order valence-corrected chi connectivity index (χ3v) is 4.92. The minimum Gasteiger partial charge on any atom is -0.497 e. The van der Waals surface area contributed by atoms with Gasteiger partial charge in [-0.3, -0.25) is 4.79 Å². The first-order valence-corrected chi connectivity index (χ1v) is 8.76. The number of carbonyl (C=O) groups excluding carboxylic acids is 2. The molecule has 29 heavy (non-hydrogen) atoms. The van der Waals surface area contributed by atoms with Crippen LogP contribution in [0, 0.1) is 5.92 Å². The Balaban J connectivity index is 2.16. The Morgan fingerprint density at radius 3 is 2.45 bits per heavy atom. The molecule has 154 valence electrons. The average Bonchev–Trinajstić information content (AvgIpc) is 2.66. The zero-order chi connectivity index (χ0) is 21.4. The van der Waals surface area contributed by atoms with Gasteiger partial charge in [0.1, 0.15) is 11.7 Å². The van der Waals surface area contributed by atoms with Crippen LogP contribution in [0.3, 0.4) is 0 Å². The summed E-state index contributed by atoms with van der Waals surface area (Å²) in [5.41, 5.74) is -3.73. The van der Waals surface area contributed by atoms with Gasteiger partial charge in [0.15, 0.2) is 5.78 Å². The van der Waals surface area contributed by atoms with E-state index in [1.54, 1.807) is 6.07 Å². The average molecular weight is 429 g/mol. The molecule has 10 heteroatoms. The van der Waals surface area contributed by atoms with E-state index in [1.165, 1.54) is 54.9 Å². The summed E-state index contributed by atoms with van der Waals surface area (Å²) in [4.78, 5) is 25.1. The Kier molecular flexibility index (Phi) is 5.46. The van der Waals surface area contributed by atoms with Crippen molar-refractivity contribution in [3.63, 3.8) is 0 Å². The molecule has 0 unspecified atom stereocenters. The van der Waals surface area contributed by atoms with Crippen LogP contribution in [0.4, 0.5) is 18.0 Å². The highest BCUT2D eigenvalue weighted by Crippen LogP contribution is 2.44. The molecule has 2 aromatic rings. The summed E-state index contributed by atoms with van der Waals surface area (Å²) >= 11 is 5.78. The van der Waals surface area contributed by atoms with Gasteiger partial charge in [0.05, 0.1) is 13.2 Å². The first kappa shape index (κ1) is 20.9. The van der Waals surface area contributed by atoms with E-state index in [1.807, 2.05) is 0 Å². The van der Waals surface area contributed by atoms with E-state index in [9.17, 15) is 27.9 Å². The second-order valence-corrected chi connectivity index (χ2v) is 6.90. The van der Waals surface area contributed by atoms with E-state index >= 15 is 0 Å². The van der Waals surface area contributed by atoms with Crippen molar-refractivity contribution in [1.29, 1.82) is 0 Å². The lowest BCUT2D eigenvalue weighted by Crippen LogP contribution is -2.72. The summed E-state index contributed by atoms with van der Waals surface area (Å²) in [5, 5.41) is 14.6. The molecule has 0 aliphatic carbocycles. The molecule has 1 fully saturated rings. The number of amides is 2. The van der Waals surface area contributed by atoms with Gasteiger partial charge in [0.2, 0.25) is 5.72 Å².